The molecule has 0 bridgehead atoms. The second-order valence-electron chi connectivity index (χ2n) is 7.32. The van der Waals surface area contributed by atoms with Crippen molar-refractivity contribution in [2.45, 2.75) is 37.2 Å². The van der Waals surface area contributed by atoms with Crippen molar-refractivity contribution in [1.29, 1.82) is 0 Å². The maximum atomic E-state index is 13.7. The molecule has 0 amide bonds. The maximum absolute atomic E-state index is 13.7. The van der Waals surface area contributed by atoms with Gasteiger partial charge < -0.3 is 10.0 Å². The van der Waals surface area contributed by atoms with Gasteiger partial charge in [-0.15, -0.1) is 18.8 Å². The highest BCUT2D eigenvalue weighted by Crippen LogP contribution is 2.30. The summed E-state index contributed by atoms with van der Waals surface area (Å²) in [4.78, 5) is 2.29. The molecule has 1 aliphatic rings. The van der Waals surface area contributed by atoms with E-state index in [1.807, 2.05) is 12.1 Å². The Kier molecular flexibility index (Phi) is 8.00. The minimum Gasteiger partial charge on any atom is -0.378 e. The van der Waals surface area contributed by atoms with Gasteiger partial charge in [0, 0.05) is 31.8 Å². The van der Waals surface area contributed by atoms with Crippen molar-refractivity contribution in [2.75, 3.05) is 19.6 Å². The van der Waals surface area contributed by atoms with Crippen LogP contribution in [0, 0.1) is 24.0 Å². The molecular formula is C23H26ClF2NO. The fraction of sp³-hybridized carbons (Fsp3) is 0.391. The Balaban J connectivity index is 0.00000280. The lowest BCUT2D eigenvalue weighted by Gasteiger charge is -2.35. The van der Waals surface area contributed by atoms with Crippen molar-refractivity contribution < 1.29 is 13.9 Å². The molecule has 1 aliphatic heterocycles. The van der Waals surface area contributed by atoms with Crippen molar-refractivity contribution in [2.24, 2.45) is 0 Å². The summed E-state index contributed by atoms with van der Waals surface area (Å²) in [6, 6.07) is 13.1. The smallest absolute Gasteiger partial charge is 0.127 e. The number of rotatable bonds is 6. The van der Waals surface area contributed by atoms with Crippen molar-refractivity contribution >= 4 is 12.4 Å². The average Bonchev–Trinajstić information content (AvgIpc) is 2.67. The maximum Gasteiger partial charge on any atom is 0.127 e. The predicted molar refractivity (Wildman–Crippen MR) is 111 cm³/mol. The Morgan fingerprint density at radius 3 is 2.04 bits per heavy atom. The van der Waals surface area contributed by atoms with Gasteiger partial charge in [-0.2, -0.15) is 0 Å². The van der Waals surface area contributed by atoms with E-state index in [1.54, 1.807) is 12.1 Å². The summed E-state index contributed by atoms with van der Waals surface area (Å²) in [7, 11) is 0. The van der Waals surface area contributed by atoms with Crippen LogP contribution in [0.3, 0.4) is 0 Å². The highest BCUT2D eigenvalue weighted by molar-refractivity contribution is 5.85. The molecule has 0 spiro atoms. The summed E-state index contributed by atoms with van der Waals surface area (Å²) >= 11 is 0. The van der Waals surface area contributed by atoms with Crippen LogP contribution in [0.2, 0.25) is 0 Å². The summed E-state index contributed by atoms with van der Waals surface area (Å²) in [6.45, 7) is 2.42. The average molecular weight is 406 g/mol. The summed E-state index contributed by atoms with van der Waals surface area (Å²) in [5, 5.41) is 10.1. The van der Waals surface area contributed by atoms with E-state index in [2.05, 4.69) is 10.8 Å². The predicted octanol–water partition coefficient (Wildman–Crippen LogP) is 4.76. The number of terminal acetylenes is 1. The third-order valence-corrected chi connectivity index (χ3v) is 5.42. The zero-order valence-electron chi connectivity index (χ0n) is 15.8. The van der Waals surface area contributed by atoms with Crippen LogP contribution in [0.1, 0.15) is 42.7 Å². The molecule has 150 valence electrons. The number of nitrogens with zero attached hydrogens (tertiary/aromatic N) is 1. The van der Waals surface area contributed by atoms with Gasteiger partial charge in [0.05, 0.1) is 0 Å². The molecule has 0 radical (unpaired) electrons. The second-order valence-corrected chi connectivity index (χ2v) is 7.32. The van der Waals surface area contributed by atoms with Crippen molar-refractivity contribution in [3.63, 3.8) is 0 Å². The topological polar surface area (TPSA) is 23.5 Å². The number of halogens is 3. The zero-order chi connectivity index (χ0) is 19.3. The molecule has 1 heterocycles. The van der Waals surface area contributed by atoms with E-state index in [4.69, 9.17) is 6.42 Å². The fourth-order valence-corrected chi connectivity index (χ4v) is 3.78. The number of piperidine rings is 1. The molecule has 0 unspecified atom stereocenters. The minimum absolute atomic E-state index is 0. The molecule has 5 heteroatoms. The molecule has 0 atom stereocenters. The van der Waals surface area contributed by atoms with E-state index in [0.29, 0.717) is 12.8 Å². The Bertz CT molecular complexity index is 767. The van der Waals surface area contributed by atoms with E-state index in [1.165, 1.54) is 24.3 Å². The highest BCUT2D eigenvalue weighted by atomic mass is 35.5. The van der Waals surface area contributed by atoms with E-state index < -0.39 is 5.60 Å². The molecule has 1 fully saturated rings. The van der Waals surface area contributed by atoms with E-state index >= 15 is 0 Å². The second kappa shape index (κ2) is 10.0. The number of aliphatic hydroxyl groups is 1. The van der Waals surface area contributed by atoms with Gasteiger partial charge in [-0.1, -0.05) is 30.2 Å². The molecule has 0 saturated carbocycles. The van der Waals surface area contributed by atoms with Crippen molar-refractivity contribution in [3.8, 4) is 12.3 Å². The largest absolute Gasteiger partial charge is 0.378 e. The first-order valence-corrected chi connectivity index (χ1v) is 9.42. The molecule has 2 aromatic rings. The standard InChI is InChI=1S/C23H25F2NO.ClH/c1-2-23(27)11-14-26(15-12-23)13-5-10-22(18-6-3-8-20(24)16-18)19-7-4-9-21(25)17-19;/h1,3-4,6-9,16-17,22,27H,5,10-15H2;1H. The number of benzene rings is 2. The van der Waals surface area contributed by atoms with Crippen LogP contribution >= 0.6 is 12.4 Å². The molecule has 1 saturated heterocycles. The van der Waals surface area contributed by atoms with Gasteiger partial charge in [0.2, 0.25) is 0 Å². The van der Waals surface area contributed by atoms with Gasteiger partial charge in [0.25, 0.3) is 0 Å². The Morgan fingerprint density at radius 2 is 1.57 bits per heavy atom. The first-order valence-electron chi connectivity index (χ1n) is 9.42. The summed E-state index contributed by atoms with van der Waals surface area (Å²) in [5.74, 6) is 1.88. The molecule has 2 nitrogen and oxygen atoms in total. The molecular weight excluding hydrogens is 380 g/mol. The lowest BCUT2D eigenvalue weighted by Crippen LogP contribution is -2.43. The van der Waals surface area contributed by atoms with Crippen molar-refractivity contribution in [1.82, 2.24) is 4.90 Å². The lowest BCUT2D eigenvalue weighted by atomic mass is 9.87. The molecule has 2 aromatic carbocycles. The number of hydrogen-bond acceptors (Lipinski definition) is 2. The van der Waals surface area contributed by atoms with Crippen LogP contribution in [-0.4, -0.2) is 35.2 Å². The van der Waals surface area contributed by atoms with Gasteiger partial charge >= 0.3 is 0 Å². The Morgan fingerprint density at radius 1 is 1.04 bits per heavy atom. The van der Waals surface area contributed by atoms with Gasteiger partial charge in [0.15, 0.2) is 0 Å². The van der Waals surface area contributed by atoms with Crippen LogP contribution in [0.25, 0.3) is 0 Å². The van der Waals surface area contributed by atoms with Crippen LogP contribution in [0.15, 0.2) is 48.5 Å². The number of hydrogen-bond donors (Lipinski definition) is 1. The quantitative estimate of drug-likeness (QED) is 0.700. The minimum atomic E-state index is -0.970. The van der Waals surface area contributed by atoms with Gasteiger partial charge in [-0.05, 0) is 54.8 Å². The van der Waals surface area contributed by atoms with E-state index in [-0.39, 0.29) is 30.0 Å². The monoisotopic (exact) mass is 405 g/mol. The van der Waals surface area contributed by atoms with Crippen LogP contribution in [0.4, 0.5) is 8.78 Å². The molecule has 0 aliphatic carbocycles. The Labute approximate surface area is 172 Å². The first-order chi connectivity index (χ1) is 13.0. The third-order valence-electron chi connectivity index (χ3n) is 5.42. The lowest BCUT2D eigenvalue weighted by molar-refractivity contribution is 0.0268. The van der Waals surface area contributed by atoms with Crippen molar-refractivity contribution in [3.05, 3.63) is 71.3 Å². The summed E-state index contributed by atoms with van der Waals surface area (Å²) < 4.78 is 27.4. The third kappa shape index (κ3) is 5.78. The van der Waals surface area contributed by atoms with Crippen LogP contribution in [-0.2, 0) is 0 Å². The summed E-state index contributed by atoms with van der Waals surface area (Å²) in [6.07, 6.45) is 8.25. The van der Waals surface area contributed by atoms with Gasteiger partial charge in [-0.3, -0.25) is 0 Å². The molecule has 28 heavy (non-hydrogen) atoms. The van der Waals surface area contributed by atoms with Gasteiger partial charge in [0.1, 0.15) is 17.2 Å². The normalized spacial score (nSPS) is 16.4. The SMILES string of the molecule is C#CC1(O)CCN(CCCC(c2cccc(F)c2)c2cccc(F)c2)CC1.Cl. The van der Waals surface area contributed by atoms with E-state index in [0.717, 1.165) is 43.6 Å². The Hall–Kier alpha value is -1.93. The number of likely N-dealkylation sites (tertiary alicyclic amines) is 1. The molecule has 0 aromatic heterocycles. The van der Waals surface area contributed by atoms with Gasteiger partial charge in [-0.25, -0.2) is 8.78 Å². The van der Waals surface area contributed by atoms with Crippen LogP contribution < -0.4 is 0 Å². The molecule has 3 rings (SSSR count). The summed E-state index contributed by atoms with van der Waals surface area (Å²) in [5.41, 5.74) is 0.754. The fourth-order valence-electron chi connectivity index (χ4n) is 3.78. The highest BCUT2D eigenvalue weighted by Gasteiger charge is 2.29. The van der Waals surface area contributed by atoms with Crippen LogP contribution in [0.5, 0.6) is 0 Å². The van der Waals surface area contributed by atoms with E-state index in [9.17, 15) is 13.9 Å². The first kappa shape index (κ1) is 22.4. The molecule has 1 N–H and O–H groups in total. The zero-order valence-corrected chi connectivity index (χ0v) is 16.6.